The van der Waals surface area contributed by atoms with Crippen LogP contribution in [0.3, 0.4) is 0 Å². The largest absolute Gasteiger partial charge is 0.0654 e. The van der Waals surface area contributed by atoms with Crippen molar-refractivity contribution in [1.82, 2.24) is 0 Å². The molecule has 2 unspecified atom stereocenters. The first-order valence-electron chi connectivity index (χ1n) is 21.6. The third-order valence-electron chi connectivity index (χ3n) is 15.3. The van der Waals surface area contributed by atoms with Crippen LogP contribution < -0.4 is 0 Å². The molecule has 0 heteroatoms. The van der Waals surface area contributed by atoms with Crippen molar-refractivity contribution in [3.05, 3.63) is 128 Å². The van der Waals surface area contributed by atoms with E-state index in [1.807, 2.05) is 0 Å². The quantitative estimate of drug-likeness (QED) is 0.180. The Morgan fingerprint density at radius 2 is 1.42 bits per heavy atom. The molecule has 0 nitrogen and oxygen atoms in total. The van der Waals surface area contributed by atoms with Crippen LogP contribution in [0, 0.1) is 44.4 Å². The minimum Gasteiger partial charge on any atom is -0.0654 e. The molecular weight excluding hydrogens is 637 g/mol. The average molecular weight is 699 g/mol. The average Bonchev–Trinajstić information content (AvgIpc) is 3.74. The van der Waals surface area contributed by atoms with Gasteiger partial charge in [0.05, 0.1) is 0 Å². The Labute approximate surface area is 320 Å². The van der Waals surface area contributed by atoms with Gasteiger partial charge in [-0.3, -0.25) is 0 Å². The molecule has 0 heterocycles. The highest BCUT2D eigenvalue weighted by atomic mass is 14.6. The van der Waals surface area contributed by atoms with Crippen LogP contribution in [0.25, 0.3) is 33.0 Å². The molecule has 4 aromatic carbocycles. The second-order valence-corrected chi connectivity index (χ2v) is 18.4. The fraction of sp³-hybridized carbons (Fsp3) is 0.472. The van der Waals surface area contributed by atoms with E-state index in [2.05, 4.69) is 129 Å². The molecule has 9 rings (SSSR count). The highest BCUT2D eigenvalue weighted by Crippen LogP contribution is 2.68. The van der Waals surface area contributed by atoms with Crippen LogP contribution in [0.2, 0.25) is 0 Å². The Hall–Kier alpha value is -3.64. The van der Waals surface area contributed by atoms with Gasteiger partial charge in [-0.2, -0.15) is 0 Å². The van der Waals surface area contributed by atoms with E-state index in [-0.39, 0.29) is 10.8 Å². The number of hydrogen-bond donors (Lipinski definition) is 0. The molecule has 0 radical (unpaired) electrons. The normalized spacial score (nSPS) is 22.7. The number of fused-ring (bicyclic) bond motifs is 12. The number of aryl methyl sites for hydroxylation is 3. The summed E-state index contributed by atoms with van der Waals surface area (Å²) in [5, 5.41) is 3.02. The fourth-order valence-corrected chi connectivity index (χ4v) is 13.2. The van der Waals surface area contributed by atoms with Gasteiger partial charge in [-0.25, -0.2) is 0 Å². The second kappa shape index (κ2) is 12.7. The van der Waals surface area contributed by atoms with Gasteiger partial charge in [0.15, 0.2) is 0 Å². The number of benzene rings is 4. The predicted molar refractivity (Wildman–Crippen MR) is 229 cm³/mol. The Morgan fingerprint density at radius 1 is 0.717 bits per heavy atom. The van der Waals surface area contributed by atoms with E-state index < -0.39 is 0 Å². The summed E-state index contributed by atoms with van der Waals surface area (Å²) in [4.78, 5) is 0. The summed E-state index contributed by atoms with van der Waals surface area (Å²) >= 11 is 0. The molecular formula is C53H62. The lowest BCUT2D eigenvalue weighted by atomic mass is 9.53. The lowest BCUT2D eigenvalue weighted by Gasteiger charge is -2.50. The summed E-state index contributed by atoms with van der Waals surface area (Å²) in [7, 11) is 0. The van der Waals surface area contributed by atoms with Crippen molar-refractivity contribution in [3.8, 4) is 11.1 Å². The first-order valence-corrected chi connectivity index (χ1v) is 21.6. The molecule has 1 fully saturated rings. The van der Waals surface area contributed by atoms with Gasteiger partial charge >= 0.3 is 0 Å². The summed E-state index contributed by atoms with van der Waals surface area (Å²) in [6.45, 7) is 22.0. The van der Waals surface area contributed by atoms with E-state index in [9.17, 15) is 0 Å². The molecule has 5 aliphatic carbocycles. The summed E-state index contributed by atoms with van der Waals surface area (Å²) < 4.78 is 0. The SMILES string of the molecule is CCC(CC)C1=CC2(c3ccc4c(c3-c3cc(C)c5c(C)cc(C)cc5c32)C(C)(C)C2=C4Cc3ccccc32)C(C2CCCCC2)C(C(CC)CC)=C1. The topological polar surface area (TPSA) is 0 Å². The molecule has 0 aliphatic heterocycles. The first kappa shape index (κ1) is 35.1. The molecule has 2 atom stereocenters. The van der Waals surface area contributed by atoms with Crippen LogP contribution in [0.1, 0.15) is 149 Å². The third-order valence-corrected chi connectivity index (χ3v) is 15.3. The van der Waals surface area contributed by atoms with Crippen molar-refractivity contribution in [2.45, 2.75) is 137 Å². The van der Waals surface area contributed by atoms with Crippen LogP contribution in [-0.4, -0.2) is 0 Å². The van der Waals surface area contributed by atoms with Crippen LogP contribution in [-0.2, 0) is 17.3 Å². The van der Waals surface area contributed by atoms with Gasteiger partial charge in [-0.15, -0.1) is 0 Å². The summed E-state index contributed by atoms with van der Waals surface area (Å²) in [5.74, 6) is 2.34. The second-order valence-electron chi connectivity index (χ2n) is 18.4. The van der Waals surface area contributed by atoms with Crippen molar-refractivity contribution in [1.29, 1.82) is 0 Å². The van der Waals surface area contributed by atoms with Crippen LogP contribution in [0.4, 0.5) is 0 Å². The Morgan fingerprint density at radius 3 is 2.13 bits per heavy atom. The van der Waals surface area contributed by atoms with Gasteiger partial charge in [-0.05, 0) is 167 Å². The molecule has 0 aromatic heterocycles. The number of rotatable bonds is 7. The van der Waals surface area contributed by atoms with Gasteiger partial charge in [0.2, 0.25) is 0 Å². The van der Waals surface area contributed by atoms with Crippen LogP contribution in [0.15, 0.2) is 77.9 Å². The molecule has 0 N–H and O–H groups in total. The van der Waals surface area contributed by atoms with E-state index in [1.165, 1.54) is 102 Å². The maximum Gasteiger partial charge on any atom is 0.0474 e. The molecule has 53 heavy (non-hydrogen) atoms. The van der Waals surface area contributed by atoms with Crippen molar-refractivity contribution in [2.75, 3.05) is 0 Å². The van der Waals surface area contributed by atoms with E-state index in [1.54, 1.807) is 50.1 Å². The molecule has 0 saturated heterocycles. The maximum atomic E-state index is 2.93. The van der Waals surface area contributed by atoms with Crippen molar-refractivity contribution in [3.63, 3.8) is 0 Å². The highest BCUT2D eigenvalue weighted by Gasteiger charge is 2.57. The zero-order valence-electron chi connectivity index (χ0n) is 34.2. The molecule has 1 saturated carbocycles. The maximum absolute atomic E-state index is 2.93. The van der Waals surface area contributed by atoms with E-state index >= 15 is 0 Å². The van der Waals surface area contributed by atoms with E-state index in [0.717, 1.165) is 6.42 Å². The Balaban J connectivity index is 1.45. The van der Waals surface area contributed by atoms with Gasteiger partial charge in [0, 0.05) is 16.7 Å². The van der Waals surface area contributed by atoms with Crippen LogP contribution in [0.5, 0.6) is 0 Å². The zero-order valence-corrected chi connectivity index (χ0v) is 34.2. The molecule has 0 bridgehead atoms. The fourth-order valence-electron chi connectivity index (χ4n) is 13.2. The molecule has 5 aliphatic rings. The van der Waals surface area contributed by atoms with Crippen molar-refractivity contribution in [2.24, 2.45) is 23.7 Å². The zero-order chi connectivity index (χ0) is 37.0. The highest BCUT2D eigenvalue weighted by molar-refractivity contribution is 6.11. The standard InChI is InChI=1S/C53H62/c1-10-34(11-2)38-29-41(35(12-3)13-4)48(36-19-15-14-16-20-36)53(30-38)45-24-23-40-42-28-37-21-17-18-22-39(37)49(42)52(8,9)51(40)47(45)44-27-33(7)46-32(6)25-31(5)26-43(46)50(44)53/h17-18,21-27,29-30,34-36,48H,10-16,19-20,28H2,1-9H3. The third kappa shape index (κ3) is 4.79. The van der Waals surface area contributed by atoms with Crippen LogP contribution >= 0.6 is 0 Å². The summed E-state index contributed by atoms with van der Waals surface area (Å²) in [6.07, 6.45) is 18.5. The van der Waals surface area contributed by atoms with Gasteiger partial charge in [0.25, 0.3) is 0 Å². The Bertz CT molecular complexity index is 2250. The summed E-state index contributed by atoms with van der Waals surface area (Å²) in [5.41, 5.74) is 23.1. The Kier molecular flexibility index (Phi) is 8.42. The smallest absolute Gasteiger partial charge is 0.0474 e. The number of allylic oxidation sites excluding steroid dienone is 6. The minimum absolute atomic E-state index is 0.0816. The predicted octanol–water partition coefficient (Wildman–Crippen LogP) is 14.7. The molecule has 4 aromatic rings. The lowest BCUT2D eigenvalue weighted by molar-refractivity contribution is 0.210. The van der Waals surface area contributed by atoms with Gasteiger partial charge < -0.3 is 0 Å². The van der Waals surface area contributed by atoms with Crippen molar-refractivity contribution >= 4 is 21.9 Å². The van der Waals surface area contributed by atoms with Gasteiger partial charge in [0.1, 0.15) is 0 Å². The van der Waals surface area contributed by atoms with Crippen molar-refractivity contribution < 1.29 is 0 Å². The monoisotopic (exact) mass is 698 g/mol. The van der Waals surface area contributed by atoms with E-state index in [0.29, 0.717) is 23.7 Å². The van der Waals surface area contributed by atoms with Gasteiger partial charge in [-0.1, -0.05) is 139 Å². The minimum atomic E-state index is -0.195. The molecule has 274 valence electrons. The number of hydrogen-bond acceptors (Lipinski definition) is 0. The van der Waals surface area contributed by atoms with E-state index in [4.69, 9.17) is 0 Å². The first-order chi connectivity index (χ1) is 25.6. The lowest BCUT2D eigenvalue weighted by Crippen LogP contribution is -2.43. The summed E-state index contributed by atoms with van der Waals surface area (Å²) in [6, 6.07) is 22.3. The molecule has 1 spiro atoms. The molecule has 0 amide bonds.